The Kier molecular flexibility index (Phi) is 3.58. The molecular formula is C14H19NO4S. The van der Waals surface area contributed by atoms with Gasteiger partial charge in [-0.2, -0.15) is 4.31 Å². The summed E-state index contributed by atoms with van der Waals surface area (Å²) in [4.78, 5) is 0.342. The van der Waals surface area contributed by atoms with E-state index in [4.69, 9.17) is 9.47 Å². The Labute approximate surface area is 119 Å². The fourth-order valence-electron chi connectivity index (χ4n) is 2.91. The molecule has 20 heavy (non-hydrogen) atoms. The highest BCUT2D eigenvalue weighted by Crippen LogP contribution is 2.37. The van der Waals surface area contributed by atoms with Crippen molar-refractivity contribution in [1.82, 2.24) is 4.31 Å². The second-order valence-corrected chi connectivity index (χ2v) is 7.41. The van der Waals surface area contributed by atoms with Gasteiger partial charge in [0.05, 0.1) is 16.6 Å². The number of hydrogen-bond donors (Lipinski definition) is 0. The Morgan fingerprint density at radius 3 is 2.65 bits per heavy atom. The summed E-state index contributed by atoms with van der Waals surface area (Å²) in [6.45, 7) is 1.48. The monoisotopic (exact) mass is 297 g/mol. The fraction of sp³-hybridized carbons (Fsp3) is 0.571. The summed E-state index contributed by atoms with van der Waals surface area (Å²) in [6, 6.07) is 8.53. The molecule has 2 aliphatic heterocycles. The van der Waals surface area contributed by atoms with Crippen LogP contribution in [0.5, 0.6) is 0 Å². The number of ether oxygens (including phenoxy) is 2. The summed E-state index contributed by atoms with van der Waals surface area (Å²) in [6.07, 6.45) is 1.82. The standard InChI is InChI=1S/C14H19NO4S/c1-18-12-7-8-19-14(9-12)10-15(11-14)20(16,17)13-5-3-2-4-6-13/h2-6,12H,7-11H2,1H3. The average Bonchev–Trinajstić information content (AvgIpc) is 2.45. The van der Waals surface area contributed by atoms with Crippen molar-refractivity contribution in [3.05, 3.63) is 30.3 Å². The smallest absolute Gasteiger partial charge is 0.243 e. The maximum atomic E-state index is 12.4. The van der Waals surface area contributed by atoms with E-state index in [1.165, 1.54) is 4.31 Å². The third-order valence-corrected chi connectivity index (χ3v) is 5.90. The summed E-state index contributed by atoms with van der Waals surface area (Å²) < 4.78 is 37.5. The summed E-state index contributed by atoms with van der Waals surface area (Å²) in [5.41, 5.74) is -0.346. The molecule has 2 saturated heterocycles. The van der Waals surface area contributed by atoms with E-state index in [1.807, 2.05) is 6.07 Å². The molecule has 1 unspecified atom stereocenters. The first-order chi connectivity index (χ1) is 9.56. The molecule has 0 bridgehead atoms. The van der Waals surface area contributed by atoms with Crippen molar-refractivity contribution in [3.63, 3.8) is 0 Å². The molecule has 1 spiro atoms. The highest BCUT2D eigenvalue weighted by atomic mass is 32.2. The molecule has 5 nitrogen and oxygen atoms in total. The highest BCUT2D eigenvalue weighted by molar-refractivity contribution is 7.89. The predicted molar refractivity (Wildman–Crippen MR) is 73.9 cm³/mol. The maximum Gasteiger partial charge on any atom is 0.243 e. The fourth-order valence-corrected chi connectivity index (χ4v) is 4.52. The van der Waals surface area contributed by atoms with E-state index in [-0.39, 0.29) is 11.7 Å². The Morgan fingerprint density at radius 1 is 1.30 bits per heavy atom. The van der Waals surface area contributed by atoms with Crippen LogP contribution in [0.1, 0.15) is 12.8 Å². The zero-order valence-corrected chi connectivity index (χ0v) is 12.3. The molecule has 2 heterocycles. The van der Waals surface area contributed by atoms with Crippen LogP contribution in [0.25, 0.3) is 0 Å². The van der Waals surface area contributed by atoms with Gasteiger partial charge in [0.15, 0.2) is 0 Å². The van der Waals surface area contributed by atoms with Crippen LogP contribution in [-0.4, -0.2) is 51.2 Å². The van der Waals surface area contributed by atoms with E-state index >= 15 is 0 Å². The Bertz CT molecular complexity index is 566. The zero-order valence-electron chi connectivity index (χ0n) is 11.5. The molecular weight excluding hydrogens is 278 g/mol. The van der Waals surface area contributed by atoms with Crippen LogP contribution in [0.3, 0.4) is 0 Å². The minimum Gasteiger partial charge on any atom is -0.381 e. The van der Waals surface area contributed by atoms with Gasteiger partial charge in [-0.15, -0.1) is 0 Å². The molecule has 0 amide bonds. The lowest BCUT2D eigenvalue weighted by Gasteiger charge is -2.51. The van der Waals surface area contributed by atoms with Crippen LogP contribution >= 0.6 is 0 Å². The van der Waals surface area contributed by atoms with Gasteiger partial charge in [-0.3, -0.25) is 0 Å². The molecule has 3 rings (SSSR count). The van der Waals surface area contributed by atoms with E-state index in [1.54, 1.807) is 31.4 Å². The Morgan fingerprint density at radius 2 is 2.00 bits per heavy atom. The number of rotatable bonds is 3. The lowest BCUT2D eigenvalue weighted by molar-refractivity contribution is -0.173. The molecule has 6 heteroatoms. The minimum absolute atomic E-state index is 0.172. The molecule has 2 fully saturated rings. The second kappa shape index (κ2) is 5.11. The predicted octanol–water partition coefficient (Wildman–Crippen LogP) is 1.26. The van der Waals surface area contributed by atoms with Crippen molar-refractivity contribution in [2.75, 3.05) is 26.8 Å². The average molecular weight is 297 g/mol. The van der Waals surface area contributed by atoms with Gasteiger partial charge >= 0.3 is 0 Å². The van der Waals surface area contributed by atoms with Gasteiger partial charge in [0, 0.05) is 33.2 Å². The number of benzene rings is 1. The van der Waals surface area contributed by atoms with E-state index in [9.17, 15) is 8.42 Å². The van der Waals surface area contributed by atoms with Gasteiger partial charge in [0.2, 0.25) is 10.0 Å². The van der Waals surface area contributed by atoms with Crippen molar-refractivity contribution in [3.8, 4) is 0 Å². The molecule has 1 aromatic rings. The van der Waals surface area contributed by atoms with Crippen LogP contribution in [0.15, 0.2) is 35.2 Å². The quantitative estimate of drug-likeness (QED) is 0.843. The summed E-state index contributed by atoms with van der Waals surface area (Å²) in [5, 5.41) is 0. The molecule has 1 atom stereocenters. The van der Waals surface area contributed by atoms with E-state index in [0.717, 1.165) is 12.8 Å². The maximum absolute atomic E-state index is 12.4. The molecule has 0 aromatic heterocycles. The number of nitrogens with zero attached hydrogens (tertiary/aromatic N) is 1. The van der Waals surface area contributed by atoms with Crippen molar-refractivity contribution in [2.45, 2.75) is 29.4 Å². The van der Waals surface area contributed by atoms with Gasteiger partial charge in [-0.25, -0.2) is 8.42 Å². The second-order valence-electron chi connectivity index (χ2n) is 5.47. The van der Waals surface area contributed by atoms with E-state index < -0.39 is 10.0 Å². The van der Waals surface area contributed by atoms with Crippen LogP contribution in [0.2, 0.25) is 0 Å². The number of hydrogen-bond acceptors (Lipinski definition) is 4. The van der Waals surface area contributed by atoms with Crippen LogP contribution in [-0.2, 0) is 19.5 Å². The van der Waals surface area contributed by atoms with Crippen molar-refractivity contribution in [1.29, 1.82) is 0 Å². The zero-order chi connectivity index (χ0) is 14.2. The lowest BCUT2D eigenvalue weighted by atomic mass is 9.86. The topological polar surface area (TPSA) is 55.8 Å². The Balaban J connectivity index is 1.71. The lowest BCUT2D eigenvalue weighted by Crippen LogP contribution is -2.67. The molecule has 1 aromatic carbocycles. The van der Waals surface area contributed by atoms with Crippen molar-refractivity contribution in [2.24, 2.45) is 0 Å². The van der Waals surface area contributed by atoms with E-state index in [2.05, 4.69) is 0 Å². The van der Waals surface area contributed by atoms with Crippen LogP contribution < -0.4 is 0 Å². The van der Waals surface area contributed by atoms with Crippen molar-refractivity contribution < 1.29 is 17.9 Å². The minimum atomic E-state index is -3.39. The largest absolute Gasteiger partial charge is 0.381 e. The highest BCUT2D eigenvalue weighted by Gasteiger charge is 2.52. The summed E-state index contributed by atoms with van der Waals surface area (Å²) in [5.74, 6) is 0. The number of methoxy groups -OCH3 is 1. The first-order valence-electron chi connectivity index (χ1n) is 6.78. The SMILES string of the molecule is COC1CCOC2(C1)CN(S(=O)(=O)c1ccccc1)C2. The normalized spacial score (nSPS) is 26.4. The van der Waals surface area contributed by atoms with Gasteiger partial charge in [0.25, 0.3) is 0 Å². The first kappa shape index (κ1) is 14.0. The van der Waals surface area contributed by atoms with Crippen LogP contribution in [0.4, 0.5) is 0 Å². The van der Waals surface area contributed by atoms with E-state index in [0.29, 0.717) is 24.6 Å². The molecule has 0 saturated carbocycles. The molecule has 0 aliphatic carbocycles. The van der Waals surface area contributed by atoms with Crippen molar-refractivity contribution >= 4 is 10.0 Å². The van der Waals surface area contributed by atoms with Crippen LogP contribution in [0, 0.1) is 0 Å². The third-order valence-electron chi connectivity index (χ3n) is 4.09. The summed E-state index contributed by atoms with van der Waals surface area (Å²) in [7, 11) is -1.69. The van der Waals surface area contributed by atoms with Gasteiger partial charge in [0.1, 0.15) is 0 Å². The Hall–Kier alpha value is -0.950. The number of sulfonamides is 1. The van der Waals surface area contributed by atoms with Gasteiger partial charge < -0.3 is 9.47 Å². The van der Waals surface area contributed by atoms with Gasteiger partial charge in [-0.05, 0) is 18.6 Å². The molecule has 110 valence electrons. The third kappa shape index (κ3) is 2.37. The first-order valence-corrected chi connectivity index (χ1v) is 8.22. The molecule has 0 radical (unpaired) electrons. The summed E-state index contributed by atoms with van der Waals surface area (Å²) >= 11 is 0. The van der Waals surface area contributed by atoms with Gasteiger partial charge in [-0.1, -0.05) is 18.2 Å². The molecule has 2 aliphatic rings. The molecule has 0 N–H and O–H groups in total.